The lowest BCUT2D eigenvalue weighted by Crippen LogP contribution is -2.65. The number of aliphatic hydroxyl groups excluding tert-OH is 5. The van der Waals surface area contributed by atoms with Crippen LogP contribution in [0.25, 0.3) is 0 Å². The SMILES string of the molecule is C[C@@H]1O[C@@H](O[C@@H]2[C@@H](O)[C@H](OCCc3ccc(O)c(O)c3)O[C@H](CO)[C@H]2OC(=O)CCc2ccc(O)c(O)c2)[C@H](O)[C@H](O)[C@H]1O. The largest absolute Gasteiger partial charge is 0.504 e. The van der Waals surface area contributed by atoms with Gasteiger partial charge in [-0.05, 0) is 55.2 Å². The maximum Gasteiger partial charge on any atom is 0.306 e. The normalized spacial score (nSPS) is 32.3. The van der Waals surface area contributed by atoms with E-state index in [1.807, 2.05) is 0 Å². The highest BCUT2D eigenvalue weighted by Crippen LogP contribution is 2.32. The topological polar surface area (TPSA) is 245 Å². The molecule has 0 bridgehead atoms. The van der Waals surface area contributed by atoms with E-state index in [1.54, 1.807) is 6.07 Å². The van der Waals surface area contributed by atoms with Crippen LogP contribution < -0.4 is 0 Å². The fourth-order valence-corrected chi connectivity index (χ4v) is 4.96. The van der Waals surface area contributed by atoms with Crippen molar-refractivity contribution in [1.82, 2.24) is 0 Å². The molecular weight excluding hydrogens is 588 g/mol. The van der Waals surface area contributed by atoms with E-state index in [9.17, 15) is 50.8 Å². The number of aromatic hydroxyl groups is 4. The molecule has 10 atom stereocenters. The van der Waals surface area contributed by atoms with Gasteiger partial charge in [0, 0.05) is 6.42 Å². The third kappa shape index (κ3) is 7.87. The van der Waals surface area contributed by atoms with Crippen molar-refractivity contribution in [2.24, 2.45) is 0 Å². The molecule has 15 nitrogen and oxygen atoms in total. The second kappa shape index (κ2) is 14.7. The van der Waals surface area contributed by atoms with Crippen LogP contribution in [0.3, 0.4) is 0 Å². The van der Waals surface area contributed by atoms with Crippen molar-refractivity contribution < 1.29 is 74.4 Å². The number of hydrogen-bond acceptors (Lipinski definition) is 15. The highest BCUT2D eigenvalue weighted by Gasteiger charge is 2.52. The third-order valence-electron chi connectivity index (χ3n) is 7.53. The molecule has 2 fully saturated rings. The fourth-order valence-electron chi connectivity index (χ4n) is 4.96. The predicted molar refractivity (Wildman–Crippen MR) is 146 cm³/mol. The van der Waals surface area contributed by atoms with E-state index in [1.165, 1.54) is 37.3 Å². The Morgan fingerprint density at radius 1 is 0.750 bits per heavy atom. The lowest BCUT2D eigenvalue weighted by Gasteiger charge is -2.46. The number of aliphatic hydroxyl groups is 5. The van der Waals surface area contributed by atoms with Gasteiger partial charge >= 0.3 is 5.97 Å². The number of carbonyl (C=O) groups is 1. The summed E-state index contributed by atoms with van der Waals surface area (Å²) in [6, 6.07) is 8.23. The summed E-state index contributed by atoms with van der Waals surface area (Å²) < 4.78 is 28.3. The Hall–Kier alpha value is -3.25. The first-order chi connectivity index (χ1) is 20.9. The lowest BCUT2D eigenvalue weighted by molar-refractivity contribution is -0.357. The van der Waals surface area contributed by atoms with Crippen molar-refractivity contribution >= 4 is 5.97 Å². The van der Waals surface area contributed by atoms with Crippen LogP contribution in [0.2, 0.25) is 0 Å². The Morgan fingerprint density at radius 3 is 1.95 bits per heavy atom. The molecule has 0 aromatic heterocycles. The van der Waals surface area contributed by atoms with E-state index in [0.29, 0.717) is 11.1 Å². The Labute approximate surface area is 252 Å². The molecule has 2 saturated heterocycles. The van der Waals surface area contributed by atoms with Crippen LogP contribution >= 0.6 is 0 Å². The van der Waals surface area contributed by atoms with Crippen LogP contribution in [-0.2, 0) is 41.3 Å². The summed E-state index contributed by atoms with van der Waals surface area (Å²) in [5.74, 6) is -2.12. The summed E-state index contributed by atoms with van der Waals surface area (Å²) in [5, 5.41) is 90.6. The lowest BCUT2D eigenvalue weighted by atomic mass is 9.97. The first-order valence-electron chi connectivity index (χ1n) is 14.0. The molecule has 2 heterocycles. The Morgan fingerprint density at radius 2 is 1.36 bits per heavy atom. The van der Waals surface area contributed by atoms with E-state index in [4.69, 9.17) is 23.7 Å². The molecule has 2 aromatic carbocycles. The van der Waals surface area contributed by atoms with Gasteiger partial charge in [0.05, 0.1) is 19.3 Å². The molecule has 15 heteroatoms. The maximum atomic E-state index is 12.9. The number of rotatable bonds is 11. The van der Waals surface area contributed by atoms with E-state index in [-0.39, 0.29) is 48.9 Å². The molecule has 0 unspecified atom stereocenters. The summed E-state index contributed by atoms with van der Waals surface area (Å²) in [6.45, 7) is 0.651. The number of esters is 1. The summed E-state index contributed by atoms with van der Waals surface area (Å²) in [7, 11) is 0. The molecule has 2 aliphatic heterocycles. The standard InChI is InChI=1S/C29H38O15/c1-13-22(36)23(37)24(38)29(41-13)44-27-25(39)28(40-9-8-15-3-6-17(32)19(34)11-15)42-20(12-30)26(27)43-21(35)7-4-14-2-5-16(31)18(33)10-14/h2-3,5-6,10-11,13,20,22-34,36-39H,4,7-9,12H2,1H3/t13-,20+,22-,23+,24+,25+,26+,27+,28+,29-/m0/s1. The first kappa shape index (κ1) is 33.6. The molecule has 0 saturated carbocycles. The van der Waals surface area contributed by atoms with Crippen molar-refractivity contribution in [3.8, 4) is 23.0 Å². The smallest absolute Gasteiger partial charge is 0.306 e. The average molecular weight is 627 g/mol. The number of carbonyl (C=O) groups excluding carboxylic acids is 1. The molecule has 9 N–H and O–H groups in total. The Kier molecular flexibility index (Phi) is 11.2. The van der Waals surface area contributed by atoms with Crippen LogP contribution in [0.15, 0.2) is 36.4 Å². The number of ether oxygens (including phenoxy) is 5. The zero-order valence-electron chi connectivity index (χ0n) is 23.7. The van der Waals surface area contributed by atoms with Crippen molar-refractivity contribution in [3.05, 3.63) is 47.5 Å². The van der Waals surface area contributed by atoms with Gasteiger partial charge in [-0.1, -0.05) is 12.1 Å². The zero-order valence-corrected chi connectivity index (χ0v) is 23.7. The van der Waals surface area contributed by atoms with Gasteiger partial charge in [-0.3, -0.25) is 4.79 Å². The minimum Gasteiger partial charge on any atom is -0.504 e. The van der Waals surface area contributed by atoms with Gasteiger partial charge in [0.25, 0.3) is 0 Å². The molecular formula is C29H38O15. The number of aryl methyl sites for hydroxylation is 1. The van der Waals surface area contributed by atoms with Gasteiger partial charge in [0.15, 0.2) is 41.7 Å². The monoisotopic (exact) mass is 626 g/mol. The second-order valence-corrected chi connectivity index (χ2v) is 10.7. The van der Waals surface area contributed by atoms with Crippen LogP contribution in [-0.4, -0.2) is 127 Å². The molecule has 4 rings (SSSR count). The van der Waals surface area contributed by atoms with Gasteiger partial charge < -0.3 is 69.6 Å². The zero-order chi connectivity index (χ0) is 32.1. The van der Waals surface area contributed by atoms with Crippen molar-refractivity contribution in [2.45, 2.75) is 87.6 Å². The van der Waals surface area contributed by atoms with Crippen LogP contribution in [0.1, 0.15) is 24.5 Å². The molecule has 0 radical (unpaired) electrons. The quantitative estimate of drug-likeness (QED) is 0.106. The van der Waals surface area contributed by atoms with E-state index in [0.717, 1.165) is 0 Å². The predicted octanol–water partition coefficient (Wildman–Crippen LogP) is -1.10. The third-order valence-corrected chi connectivity index (χ3v) is 7.53. The number of phenolic OH excluding ortho intramolecular Hbond substituents is 4. The van der Waals surface area contributed by atoms with Crippen molar-refractivity contribution in [3.63, 3.8) is 0 Å². The number of hydrogen-bond donors (Lipinski definition) is 9. The summed E-state index contributed by atoms with van der Waals surface area (Å²) >= 11 is 0. The summed E-state index contributed by atoms with van der Waals surface area (Å²) in [4.78, 5) is 12.9. The highest BCUT2D eigenvalue weighted by atomic mass is 16.7. The minimum atomic E-state index is -1.76. The van der Waals surface area contributed by atoms with E-state index >= 15 is 0 Å². The number of phenols is 4. The highest BCUT2D eigenvalue weighted by molar-refractivity contribution is 5.70. The number of benzene rings is 2. The fraction of sp³-hybridized carbons (Fsp3) is 0.552. The van der Waals surface area contributed by atoms with Gasteiger partial charge in [0.1, 0.15) is 36.6 Å². The second-order valence-electron chi connectivity index (χ2n) is 10.7. The molecule has 0 aliphatic carbocycles. The van der Waals surface area contributed by atoms with Gasteiger partial charge in [0.2, 0.25) is 0 Å². The molecule has 0 amide bonds. The van der Waals surface area contributed by atoms with Crippen LogP contribution in [0, 0.1) is 0 Å². The van der Waals surface area contributed by atoms with Gasteiger partial charge in [-0.2, -0.15) is 0 Å². The van der Waals surface area contributed by atoms with Crippen LogP contribution in [0.5, 0.6) is 23.0 Å². The van der Waals surface area contributed by atoms with E-state index < -0.39 is 74.0 Å². The van der Waals surface area contributed by atoms with Crippen LogP contribution in [0.4, 0.5) is 0 Å². The summed E-state index contributed by atoms with van der Waals surface area (Å²) in [5.41, 5.74) is 1.10. The minimum absolute atomic E-state index is 0.0643. The van der Waals surface area contributed by atoms with Crippen molar-refractivity contribution in [1.29, 1.82) is 0 Å². The van der Waals surface area contributed by atoms with Gasteiger partial charge in [-0.15, -0.1) is 0 Å². The molecule has 44 heavy (non-hydrogen) atoms. The Balaban J connectivity index is 1.49. The first-order valence-corrected chi connectivity index (χ1v) is 14.0. The average Bonchev–Trinajstić information content (AvgIpc) is 2.99. The molecule has 0 spiro atoms. The summed E-state index contributed by atoms with van der Waals surface area (Å²) in [6.07, 6.45) is -14.7. The maximum absolute atomic E-state index is 12.9. The van der Waals surface area contributed by atoms with Gasteiger partial charge in [-0.25, -0.2) is 0 Å². The molecule has 2 aromatic rings. The van der Waals surface area contributed by atoms with Crippen molar-refractivity contribution in [2.75, 3.05) is 13.2 Å². The Bertz CT molecular complexity index is 1260. The van der Waals surface area contributed by atoms with E-state index in [2.05, 4.69) is 0 Å². The molecule has 2 aliphatic rings. The molecule has 244 valence electrons.